The molecular formula is C10H9BrN4O. The molecule has 5 nitrogen and oxygen atoms in total. The second-order valence-corrected chi connectivity index (χ2v) is 3.94. The fourth-order valence-corrected chi connectivity index (χ4v) is 1.80. The normalized spacial score (nSPS) is 10.2. The van der Waals surface area contributed by atoms with Gasteiger partial charge in [-0.05, 0) is 35.0 Å². The smallest absolute Gasteiger partial charge is 0.208 e. The van der Waals surface area contributed by atoms with Gasteiger partial charge in [0.15, 0.2) is 5.82 Å². The van der Waals surface area contributed by atoms with Crippen molar-refractivity contribution in [1.82, 2.24) is 20.4 Å². The van der Waals surface area contributed by atoms with Gasteiger partial charge in [0.25, 0.3) is 0 Å². The number of aryl methyl sites for hydroxylation is 1. The zero-order valence-corrected chi connectivity index (χ0v) is 10.4. The molecular weight excluding hydrogens is 272 g/mol. The third-order valence-corrected chi connectivity index (χ3v) is 2.66. The minimum Gasteiger partial charge on any atom is -0.496 e. The SMILES string of the molecule is COc1cccc(Br)c1-c1nnc(C)nn1. The summed E-state index contributed by atoms with van der Waals surface area (Å²) >= 11 is 3.43. The van der Waals surface area contributed by atoms with Gasteiger partial charge in [-0.3, -0.25) is 0 Å². The first-order valence-electron chi connectivity index (χ1n) is 4.59. The molecule has 0 fully saturated rings. The first kappa shape index (κ1) is 10.9. The van der Waals surface area contributed by atoms with E-state index in [2.05, 4.69) is 36.3 Å². The van der Waals surface area contributed by atoms with Crippen molar-refractivity contribution in [3.05, 3.63) is 28.5 Å². The molecule has 0 radical (unpaired) electrons. The van der Waals surface area contributed by atoms with Gasteiger partial charge in [0, 0.05) is 4.47 Å². The van der Waals surface area contributed by atoms with Crippen LogP contribution in [0.15, 0.2) is 22.7 Å². The lowest BCUT2D eigenvalue weighted by Crippen LogP contribution is -2.00. The van der Waals surface area contributed by atoms with E-state index >= 15 is 0 Å². The summed E-state index contributed by atoms with van der Waals surface area (Å²) in [6.45, 7) is 1.74. The van der Waals surface area contributed by atoms with E-state index in [4.69, 9.17) is 4.74 Å². The van der Waals surface area contributed by atoms with Crippen LogP contribution < -0.4 is 4.74 Å². The van der Waals surface area contributed by atoms with Gasteiger partial charge in [-0.25, -0.2) is 0 Å². The van der Waals surface area contributed by atoms with Gasteiger partial charge < -0.3 is 4.74 Å². The lowest BCUT2D eigenvalue weighted by Gasteiger charge is -2.07. The predicted molar refractivity (Wildman–Crippen MR) is 62.0 cm³/mol. The molecule has 0 saturated carbocycles. The van der Waals surface area contributed by atoms with E-state index < -0.39 is 0 Å². The van der Waals surface area contributed by atoms with E-state index in [0.717, 1.165) is 10.0 Å². The zero-order chi connectivity index (χ0) is 11.5. The van der Waals surface area contributed by atoms with E-state index in [-0.39, 0.29) is 0 Å². The number of hydrogen-bond donors (Lipinski definition) is 0. The van der Waals surface area contributed by atoms with Gasteiger partial charge in [0.1, 0.15) is 5.75 Å². The van der Waals surface area contributed by atoms with Crippen molar-refractivity contribution >= 4 is 15.9 Å². The Hall–Kier alpha value is -1.56. The molecule has 0 aliphatic heterocycles. The molecule has 1 aromatic carbocycles. The van der Waals surface area contributed by atoms with Crippen molar-refractivity contribution < 1.29 is 4.74 Å². The Labute approximate surface area is 101 Å². The summed E-state index contributed by atoms with van der Waals surface area (Å²) in [6.07, 6.45) is 0. The second-order valence-electron chi connectivity index (χ2n) is 3.09. The molecule has 0 amide bonds. The quantitative estimate of drug-likeness (QED) is 0.842. The van der Waals surface area contributed by atoms with Crippen molar-refractivity contribution in [3.8, 4) is 17.1 Å². The number of aromatic nitrogens is 4. The molecule has 0 saturated heterocycles. The maximum absolute atomic E-state index is 5.25. The van der Waals surface area contributed by atoms with E-state index in [1.165, 1.54) is 0 Å². The molecule has 0 atom stereocenters. The van der Waals surface area contributed by atoms with Gasteiger partial charge in [0.2, 0.25) is 5.82 Å². The van der Waals surface area contributed by atoms with Gasteiger partial charge in [0.05, 0.1) is 12.7 Å². The molecule has 0 aliphatic rings. The minimum atomic E-state index is 0.440. The van der Waals surface area contributed by atoms with Crippen LogP contribution in [0.25, 0.3) is 11.4 Å². The Bertz CT molecular complexity index is 501. The largest absolute Gasteiger partial charge is 0.496 e. The third kappa shape index (κ3) is 2.01. The Morgan fingerprint density at radius 3 is 2.44 bits per heavy atom. The molecule has 0 N–H and O–H groups in total. The Kier molecular flexibility index (Phi) is 3.09. The van der Waals surface area contributed by atoms with Crippen LogP contribution in [0.1, 0.15) is 5.82 Å². The summed E-state index contributed by atoms with van der Waals surface area (Å²) in [5.41, 5.74) is 0.755. The van der Waals surface area contributed by atoms with Crippen LogP contribution in [0, 0.1) is 6.92 Å². The summed E-state index contributed by atoms with van der Waals surface area (Å²) in [4.78, 5) is 0. The van der Waals surface area contributed by atoms with Gasteiger partial charge in [-0.15, -0.1) is 20.4 Å². The highest BCUT2D eigenvalue weighted by Crippen LogP contribution is 2.33. The molecule has 2 aromatic rings. The Morgan fingerprint density at radius 2 is 1.81 bits per heavy atom. The number of nitrogens with zero attached hydrogens (tertiary/aromatic N) is 4. The number of rotatable bonds is 2. The van der Waals surface area contributed by atoms with Crippen LogP contribution in [0.5, 0.6) is 5.75 Å². The molecule has 6 heteroatoms. The van der Waals surface area contributed by atoms with Gasteiger partial charge >= 0.3 is 0 Å². The summed E-state index contributed by atoms with van der Waals surface area (Å²) < 4.78 is 6.09. The highest BCUT2D eigenvalue weighted by atomic mass is 79.9. The maximum Gasteiger partial charge on any atom is 0.208 e. The average Bonchev–Trinajstić information content (AvgIpc) is 2.30. The van der Waals surface area contributed by atoms with E-state index in [1.54, 1.807) is 14.0 Å². The topological polar surface area (TPSA) is 60.8 Å². The fraction of sp³-hybridized carbons (Fsp3) is 0.200. The average molecular weight is 281 g/mol. The van der Waals surface area contributed by atoms with Crippen LogP contribution in [0.3, 0.4) is 0 Å². The van der Waals surface area contributed by atoms with Crippen LogP contribution in [-0.4, -0.2) is 27.5 Å². The summed E-state index contributed by atoms with van der Waals surface area (Å²) in [5, 5.41) is 15.7. The number of hydrogen-bond acceptors (Lipinski definition) is 5. The Balaban J connectivity index is 2.58. The van der Waals surface area contributed by atoms with Crippen LogP contribution in [-0.2, 0) is 0 Å². The van der Waals surface area contributed by atoms with Crippen molar-refractivity contribution in [3.63, 3.8) is 0 Å². The van der Waals surface area contributed by atoms with E-state index in [9.17, 15) is 0 Å². The molecule has 0 bridgehead atoms. The number of ether oxygens (including phenoxy) is 1. The molecule has 1 aromatic heterocycles. The Morgan fingerprint density at radius 1 is 1.12 bits per heavy atom. The lowest BCUT2D eigenvalue weighted by atomic mass is 10.2. The minimum absolute atomic E-state index is 0.440. The number of methoxy groups -OCH3 is 1. The highest BCUT2D eigenvalue weighted by molar-refractivity contribution is 9.10. The fourth-order valence-electron chi connectivity index (χ4n) is 1.27. The summed E-state index contributed by atoms with van der Waals surface area (Å²) in [5.74, 6) is 1.66. The number of benzene rings is 1. The molecule has 0 aliphatic carbocycles. The first-order valence-corrected chi connectivity index (χ1v) is 5.38. The second kappa shape index (κ2) is 4.52. The van der Waals surface area contributed by atoms with Crippen LogP contribution >= 0.6 is 15.9 Å². The summed E-state index contributed by atoms with van der Waals surface area (Å²) in [7, 11) is 1.60. The monoisotopic (exact) mass is 280 g/mol. The maximum atomic E-state index is 5.25. The molecule has 2 rings (SSSR count). The summed E-state index contributed by atoms with van der Waals surface area (Å²) in [6, 6.07) is 5.60. The van der Waals surface area contributed by atoms with Crippen molar-refractivity contribution in [2.24, 2.45) is 0 Å². The van der Waals surface area contributed by atoms with Crippen molar-refractivity contribution in [2.75, 3.05) is 7.11 Å². The molecule has 82 valence electrons. The van der Waals surface area contributed by atoms with E-state index in [1.807, 2.05) is 18.2 Å². The molecule has 16 heavy (non-hydrogen) atoms. The molecule has 0 unspecified atom stereocenters. The third-order valence-electron chi connectivity index (χ3n) is 2.00. The van der Waals surface area contributed by atoms with Crippen LogP contribution in [0.2, 0.25) is 0 Å². The lowest BCUT2D eigenvalue weighted by molar-refractivity contribution is 0.415. The number of halogens is 1. The molecule has 1 heterocycles. The van der Waals surface area contributed by atoms with Crippen LogP contribution in [0.4, 0.5) is 0 Å². The van der Waals surface area contributed by atoms with Gasteiger partial charge in [-0.1, -0.05) is 6.07 Å². The van der Waals surface area contributed by atoms with Crippen molar-refractivity contribution in [1.29, 1.82) is 0 Å². The predicted octanol–water partition coefficient (Wildman–Crippen LogP) is 2.01. The van der Waals surface area contributed by atoms with Gasteiger partial charge in [-0.2, -0.15) is 0 Å². The highest BCUT2D eigenvalue weighted by Gasteiger charge is 2.13. The zero-order valence-electron chi connectivity index (χ0n) is 8.81. The molecule has 0 spiro atoms. The first-order chi connectivity index (χ1) is 7.72. The standard InChI is InChI=1S/C10H9BrN4O/c1-6-12-14-10(15-13-6)9-7(11)4-3-5-8(9)16-2/h3-5H,1-2H3. The van der Waals surface area contributed by atoms with Crippen molar-refractivity contribution in [2.45, 2.75) is 6.92 Å². The van der Waals surface area contributed by atoms with E-state index in [0.29, 0.717) is 17.4 Å².